The molecule has 19 heavy (non-hydrogen) atoms. The Bertz CT molecular complexity index is 270. The smallest absolute Gasteiger partial charge is 0.220 e. The number of rotatable bonds is 8. The molecular formula is C14H30N2O3. The summed E-state index contributed by atoms with van der Waals surface area (Å²) in [6, 6.07) is 0. The lowest BCUT2D eigenvalue weighted by molar-refractivity contribution is -0.124. The molecule has 1 atom stereocenters. The summed E-state index contributed by atoms with van der Waals surface area (Å²) in [5.74, 6) is 0.245. The Balaban J connectivity index is 4.34. The van der Waals surface area contributed by atoms with Crippen LogP contribution in [0.2, 0.25) is 0 Å². The number of hydrogen-bond acceptors (Lipinski definition) is 4. The minimum Gasteiger partial charge on any atom is -0.394 e. The molecular weight excluding hydrogens is 244 g/mol. The van der Waals surface area contributed by atoms with Crippen LogP contribution in [-0.4, -0.2) is 41.4 Å². The highest BCUT2D eigenvalue weighted by molar-refractivity contribution is 5.76. The molecule has 0 aliphatic heterocycles. The molecule has 0 spiro atoms. The van der Waals surface area contributed by atoms with Crippen molar-refractivity contribution in [1.82, 2.24) is 5.32 Å². The first-order valence-electron chi connectivity index (χ1n) is 6.91. The van der Waals surface area contributed by atoms with Crippen molar-refractivity contribution in [1.29, 1.82) is 0 Å². The van der Waals surface area contributed by atoms with Crippen molar-refractivity contribution >= 4 is 5.91 Å². The maximum absolute atomic E-state index is 11.8. The van der Waals surface area contributed by atoms with Gasteiger partial charge < -0.3 is 21.3 Å². The molecule has 0 aromatic carbocycles. The van der Waals surface area contributed by atoms with Gasteiger partial charge in [-0.25, -0.2) is 0 Å². The van der Waals surface area contributed by atoms with Crippen LogP contribution in [0.15, 0.2) is 0 Å². The van der Waals surface area contributed by atoms with Gasteiger partial charge in [0.2, 0.25) is 5.91 Å². The Morgan fingerprint density at radius 3 is 2.05 bits per heavy atom. The summed E-state index contributed by atoms with van der Waals surface area (Å²) in [6.45, 7) is 8.13. The lowest BCUT2D eigenvalue weighted by Crippen LogP contribution is -2.51. The zero-order valence-corrected chi connectivity index (χ0v) is 12.7. The van der Waals surface area contributed by atoms with Crippen molar-refractivity contribution in [3.05, 3.63) is 0 Å². The SMILES string of the molecule is CC(CO)(CO)NC(=O)CCC(CCN)C(C)(C)C. The van der Waals surface area contributed by atoms with Crippen molar-refractivity contribution < 1.29 is 15.0 Å². The lowest BCUT2D eigenvalue weighted by Gasteiger charge is -2.31. The van der Waals surface area contributed by atoms with Gasteiger partial charge in [-0.3, -0.25) is 4.79 Å². The highest BCUT2D eigenvalue weighted by atomic mass is 16.3. The Hall–Kier alpha value is -0.650. The Kier molecular flexibility index (Phi) is 7.55. The van der Waals surface area contributed by atoms with E-state index in [1.807, 2.05) is 0 Å². The van der Waals surface area contributed by atoms with Crippen LogP contribution in [0.4, 0.5) is 0 Å². The van der Waals surface area contributed by atoms with Crippen LogP contribution < -0.4 is 11.1 Å². The van der Waals surface area contributed by atoms with E-state index in [-0.39, 0.29) is 24.5 Å². The van der Waals surface area contributed by atoms with Crippen molar-refractivity contribution in [2.75, 3.05) is 19.8 Å². The molecule has 0 aliphatic rings. The summed E-state index contributed by atoms with van der Waals surface area (Å²) >= 11 is 0. The van der Waals surface area contributed by atoms with Gasteiger partial charge in [-0.1, -0.05) is 20.8 Å². The second-order valence-corrected chi connectivity index (χ2v) is 6.60. The zero-order chi connectivity index (χ0) is 15.1. The monoisotopic (exact) mass is 274 g/mol. The Labute approximate surface area is 116 Å². The minimum atomic E-state index is -0.942. The van der Waals surface area contributed by atoms with Gasteiger partial charge >= 0.3 is 0 Å². The first kappa shape index (κ1) is 18.4. The van der Waals surface area contributed by atoms with Gasteiger partial charge in [0.05, 0.1) is 18.8 Å². The summed E-state index contributed by atoms with van der Waals surface area (Å²) in [4.78, 5) is 11.8. The van der Waals surface area contributed by atoms with Crippen LogP contribution in [0.5, 0.6) is 0 Å². The van der Waals surface area contributed by atoms with Gasteiger partial charge in [0.25, 0.3) is 0 Å². The van der Waals surface area contributed by atoms with Crippen LogP contribution in [0.3, 0.4) is 0 Å². The molecule has 0 heterocycles. The number of aliphatic hydroxyl groups excluding tert-OH is 2. The number of nitrogens with two attached hydrogens (primary N) is 1. The summed E-state index contributed by atoms with van der Waals surface area (Å²) < 4.78 is 0. The first-order valence-corrected chi connectivity index (χ1v) is 6.91. The van der Waals surface area contributed by atoms with E-state index in [9.17, 15) is 4.79 Å². The van der Waals surface area contributed by atoms with Gasteiger partial charge in [0.15, 0.2) is 0 Å². The number of nitrogens with one attached hydrogen (secondary N) is 1. The number of amides is 1. The number of aliphatic hydroxyl groups is 2. The standard InChI is InChI=1S/C14H30N2O3/c1-13(2,3)11(7-8-15)5-6-12(19)16-14(4,9-17)10-18/h11,17-18H,5-10,15H2,1-4H3,(H,16,19). The summed E-state index contributed by atoms with van der Waals surface area (Å²) in [6.07, 6.45) is 2.05. The van der Waals surface area contributed by atoms with E-state index < -0.39 is 5.54 Å². The molecule has 5 heteroatoms. The third-order valence-electron chi connectivity index (χ3n) is 3.60. The quantitative estimate of drug-likeness (QED) is 0.522. The molecule has 0 aromatic rings. The number of carbonyl (C=O) groups is 1. The summed E-state index contributed by atoms with van der Waals surface area (Å²) in [5.41, 5.74) is 4.79. The predicted octanol–water partition coefficient (Wildman–Crippen LogP) is 0.637. The van der Waals surface area contributed by atoms with Gasteiger partial charge in [-0.15, -0.1) is 0 Å². The van der Waals surface area contributed by atoms with Crippen molar-refractivity contribution in [3.8, 4) is 0 Å². The largest absolute Gasteiger partial charge is 0.394 e. The normalized spacial score (nSPS) is 14.3. The van der Waals surface area contributed by atoms with E-state index >= 15 is 0 Å². The molecule has 5 N–H and O–H groups in total. The maximum Gasteiger partial charge on any atom is 0.220 e. The number of carbonyl (C=O) groups excluding carboxylic acids is 1. The summed E-state index contributed by atoms with van der Waals surface area (Å²) in [5, 5.41) is 20.9. The Morgan fingerprint density at radius 2 is 1.68 bits per heavy atom. The maximum atomic E-state index is 11.8. The molecule has 0 saturated carbocycles. The fourth-order valence-electron chi connectivity index (χ4n) is 2.05. The molecule has 114 valence electrons. The van der Waals surface area contributed by atoms with Gasteiger partial charge in [-0.2, -0.15) is 0 Å². The van der Waals surface area contributed by atoms with E-state index in [1.54, 1.807) is 6.92 Å². The molecule has 1 amide bonds. The topological polar surface area (TPSA) is 95.6 Å². The predicted molar refractivity (Wildman–Crippen MR) is 76.6 cm³/mol. The molecule has 0 radical (unpaired) electrons. The highest BCUT2D eigenvalue weighted by Gasteiger charge is 2.27. The second-order valence-electron chi connectivity index (χ2n) is 6.60. The molecule has 0 saturated heterocycles. The molecule has 0 bridgehead atoms. The summed E-state index contributed by atoms with van der Waals surface area (Å²) in [7, 11) is 0. The molecule has 0 aromatic heterocycles. The fourth-order valence-corrected chi connectivity index (χ4v) is 2.05. The first-order chi connectivity index (χ1) is 8.68. The van der Waals surface area contributed by atoms with Crippen LogP contribution >= 0.6 is 0 Å². The molecule has 0 rings (SSSR count). The molecule has 5 nitrogen and oxygen atoms in total. The average Bonchev–Trinajstić information content (AvgIpc) is 2.32. The van der Waals surface area contributed by atoms with Gasteiger partial charge in [0.1, 0.15) is 0 Å². The zero-order valence-electron chi connectivity index (χ0n) is 12.7. The Morgan fingerprint density at radius 1 is 1.16 bits per heavy atom. The average molecular weight is 274 g/mol. The fraction of sp³-hybridized carbons (Fsp3) is 0.929. The molecule has 0 aliphatic carbocycles. The van der Waals surface area contributed by atoms with E-state index in [4.69, 9.17) is 15.9 Å². The highest BCUT2D eigenvalue weighted by Crippen LogP contribution is 2.32. The lowest BCUT2D eigenvalue weighted by atomic mass is 9.76. The van der Waals surface area contributed by atoms with Crippen LogP contribution in [0, 0.1) is 11.3 Å². The van der Waals surface area contributed by atoms with E-state index in [2.05, 4.69) is 26.1 Å². The van der Waals surface area contributed by atoms with E-state index in [0.717, 1.165) is 12.8 Å². The molecule has 0 fully saturated rings. The van der Waals surface area contributed by atoms with Crippen LogP contribution in [0.25, 0.3) is 0 Å². The van der Waals surface area contributed by atoms with Gasteiger partial charge in [-0.05, 0) is 37.6 Å². The van der Waals surface area contributed by atoms with E-state index in [0.29, 0.717) is 18.9 Å². The van der Waals surface area contributed by atoms with Crippen LogP contribution in [-0.2, 0) is 4.79 Å². The van der Waals surface area contributed by atoms with Gasteiger partial charge in [0, 0.05) is 6.42 Å². The van der Waals surface area contributed by atoms with Crippen molar-refractivity contribution in [3.63, 3.8) is 0 Å². The van der Waals surface area contributed by atoms with E-state index in [1.165, 1.54) is 0 Å². The minimum absolute atomic E-state index is 0.122. The van der Waals surface area contributed by atoms with Crippen molar-refractivity contribution in [2.24, 2.45) is 17.1 Å². The number of hydrogen-bond donors (Lipinski definition) is 4. The third kappa shape index (κ3) is 6.89. The third-order valence-corrected chi connectivity index (χ3v) is 3.60. The van der Waals surface area contributed by atoms with Crippen molar-refractivity contribution in [2.45, 2.75) is 52.5 Å². The van der Waals surface area contributed by atoms with Crippen LogP contribution in [0.1, 0.15) is 47.0 Å². The second kappa shape index (κ2) is 7.82. The molecule has 1 unspecified atom stereocenters.